The third-order valence-corrected chi connectivity index (χ3v) is 1.73. The van der Waals surface area contributed by atoms with Gasteiger partial charge in [0.1, 0.15) is 0 Å². The standard InChI is InChI=1S/C6H10F3NO2/c1-3(2)5(10,4(11)12)6(7,8)9/h3H,10H2,1-2H3,(H,11,12)/t5-/m0/s1. The average molecular weight is 185 g/mol. The Kier molecular flexibility index (Phi) is 2.74. The molecule has 0 heterocycles. The highest BCUT2D eigenvalue weighted by Crippen LogP contribution is 2.34. The van der Waals surface area contributed by atoms with Gasteiger partial charge in [-0.15, -0.1) is 0 Å². The minimum atomic E-state index is -4.92. The molecule has 0 bridgehead atoms. The van der Waals surface area contributed by atoms with Crippen molar-refractivity contribution in [1.29, 1.82) is 0 Å². The Hall–Kier alpha value is -0.780. The number of rotatable bonds is 2. The molecule has 6 heteroatoms. The highest BCUT2D eigenvalue weighted by atomic mass is 19.4. The Labute approximate surface area is 67.4 Å². The second kappa shape index (κ2) is 2.93. The molecule has 0 rings (SSSR count). The van der Waals surface area contributed by atoms with Gasteiger partial charge in [-0.05, 0) is 5.92 Å². The van der Waals surface area contributed by atoms with Gasteiger partial charge < -0.3 is 10.8 Å². The molecule has 3 nitrogen and oxygen atoms in total. The lowest BCUT2D eigenvalue weighted by Crippen LogP contribution is -2.63. The summed E-state index contributed by atoms with van der Waals surface area (Å²) in [6, 6.07) is 0. The Morgan fingerprint density at radius 1 is 1.42 bits per heavy atom. The molecule has 12 heavy (non-hydrogen) atoms. The topological polar surface area (TPSA) is 63.3 Å². The first-order valence-electron chi connectivity index (χ1n) is 3.23. The number of alkyl halides is 3. The summed E-state index contributed by atoms with van der Waals surface area (Å²) in [5, 5.41) is 8.29. The van der Waals surface area contributed by atoms with E-state index in [2.05, 4.69) is 0 Å². The fourth-order valence-electron chi connectivity index (χ4n) is 0.696. The van der Waals surface area contributed by atoms with E-state index in [1.54, 1.807) is 0 Å². The van der Waals surface area contributed by atoms with Gasteiger partial charge in [-0.25, -0.2) is 4.79 Å². The fraction of sp³-hybridized carbons (Fsp3) is 0.833. The van der Waals surface area contributed by atoms with Crippen LogP contribution in [0.25, 0.3) is 0 Å². The Bertz CT molecular complexity index is 190. The second-order valence-electron chi connectivity index (χ2n) is 2.83. The van der Waals surface area contributed by atoms with Crippen LogP contribution in [0.1, 0.15) is 13.8 Å². The van der Waals surface area contributed by atoms with Crippen molar-refractivity contribution in [3.05, 3.63) is 0 Å². The fourth-order valence-corrected chi connectivity index (χ4v) is 0.696. The Morgan fingerprint density at radius 2 is 1.75 bits per heavy atom. The third-order valence-electron chi connectivity index (χ3n) is 1.73. The molecule has 0 saturated carbocycles. The molecule has 1 atom stereocenters. The number of carbonyl (C=O) groups is 1. The van der Waals surface area contributed by atoms with Crippen molar-refractivity contribution in [2.75, 3.05) is 0 Å². The van der Waals surface area contributed by atoms with E-state index in [1.807, 2.05) is 0 Å². The van der Waals surface area contributed by atoms with Crippen LogP contribution in [-0.4, -0.2) is 22.8 Å². The maximum absolute atomic E-state index is 12.1. The molecule has 0 aromatic rings. The number of hydrogen-bond acceptors (Lipinski definition) is 2. The quantitative estimate of drug-likeness (QED) is 0.674. The number of nitrogens with two attached hydrogens (primary N) is 1. The largest absolute Gasteiger partial charge is 0.480 e. The van der Waals surface area contributed by atoms with Gasteiger partial charge in [-0.1, -0.05) is 13.8 Å². The van der Waals surface area contributed by atoms with Crippen LogP contribution in [-0.2, 0) is 4.79 Å². The van der Waals surface area contributed by atoms with Gasteiger partial charge in [0, 0.05) is 0 Å². The zero-order chi connectivity index (χ0) is 10.2. The van der Waals surface area contributed by atoms with Gasteiger partial charge in [0.25, 0.3) is 0 Å². The molecule has 0 amide bonds. The van der Waals surface area contributed by atoms with Gasteiger partial charge in [0.15, 0.2) is 0 Å². The summed E-state index contributed by atoms with van der Waals surface area (Å²) < 4.78 is 36.3. The molecule has 3 N–H and O–H groups in total. The van der Waals surface area contributed by atoms with E-state index in [0.29, 0.717) is 0 Å². The summed E-state index contributed by atoms with van der Waals surface area (Å²) in [4.78, 5) is 10.3. The molecule has 0 saturated heterocycles. The first kappa shape index (κ1) is 11.2. The van der Waals surface area contributed by atoms with Crippen molar-refractivity contribution in [3.63, 3.8) is 0 Å². The van der Waals surface area contributed by atoms with Gasteiger partial charge in [-0.2, -0.15) is 13.2 Å². The summed E-state index contributed by atoms with van der Waals surface area (Å²) in [5.74, 6) is -3.25. The van der Waals surface area contributed by atoms with E-state index in [9.17, 15) is 18.0 Å². The van der Waals surface area contributed by atoms with Crippen molar-refractivity contribution in [3.8, 4) is 0 Å². The lowest BCUT2D eigenvalue weighted by molar-refractivity contribution is -0.210. The summed E-state index contributed by atoms with van der Waals surface area (Å²) in [6.45, 7) is 2.23. The number of carboxylic acid groups (broad SMARTS) is 1. The van der Waals surface area contributed by atoms with Crippen LogP contribution in [0.15, 0.2) is 0 Å². The van der Waals surface area contributed by atoms with Crippen LogP contribution >= 0.6 is 0 Å². The highest BCUT2D eigenvalue weighted by molar-refractivity contribution is 5.80. The zero-order valence-electron chi connectivity index (χ0n) is 6.64. The summed E-state index contributed by atoms with van der Waals surface area (Å²) in [5.41, 5.74) is 1.59. The molecule has 0 unspecified atom stereocenters. The van der Waals surface area contributed by atoms with Crippen LogP contribution in [0.3, 0.4) is 0 Å². The van der Waals surface area contributed by atoms with Crippen molar-refractivity contribution in [1.82, 2.24) is 0 Å². The van der Waals surface area contributed by atoms with Crippen LogP contribution in [0.5, 0.6) is 0 Å². The van der Waals surface area contributed by atoms with E-state index < -0.39 is 23.6 Å². The molecular formula is C6H10F3NO2. The van der Waals surface area contributed by atoms with Gasteiger partial charge in [0.05, 0.1) is 0 Å². The summed E-state index contributed by atoms with van der Waals surface area (Å²) >= 11 is 0. The van der Waals surface area contributed by atoms with Crippen molar-refractivity contribution in [2.45, 2.75) is 25.6 Å². The highest BCUT2D eigenvalue weighted by Gasteiger charge is 2.60. The van der Waals surface area contributed by atoms with Crippen LogP contribution in [0, 0.1) is 5.92 Å². The SMILES string of the molecule is CC(C)[C@](N)(C(=O)O)C(F)(F)F. The normalized spacial score (nSPS) is 17.6. The molecule has 0 spiro atoms. The van der Waals surface area contributed by atoms with E-state index in [4.69, 9.17) is 10.8 Å². The minimum absolute atomic E-state index is 1.11. The molecule has 0 fully saturated rings. The van der Waals surface area contributed by atoms with E-state index >= 15 is 0 Å². The first-order chi connectivity index (χ1) is 5.14. The third kappa shape index (κ3) is 1.52. The molecule has 0 aliphatic rings. The van der Waals surface area contributed by atoms with Crippen LogP contribution in [0.2, 0.25) is 0 Å². The monoisotopic (exact) mass is 185 g/mol. The molecule has 0 radical (unpaired) electrons. The van der Waals surface area contributed by atoms with Crippen LogP contribution < -0.4 is 5.73 Å². The number of carboxylic acids is 1. The van der Waals surface area contributed by atoms with Crippen molar-refractivity contribution < 1.29 is 23.1 Å². The maximum Gasteiger partial charge on any atom is 0.417 e. The Balaban J connectivity index is 5.02. The Morgan fingerprint density at radius 3 is 1.75 bits per heavy atom. The molecule has 0 aliphatic carbocycles. The van der Waals surface area contributed by atoms with E-state index in [0.717, 1.165) is 13.8 Å². The molecule has 0 aliphatic heterocycles. The van der Waals surface area contributed by atoms with Gasteiger partial charge in [-0.3, -0.25) is 0 Å². The predicted octanol–water partition coefficient (Wildman–Crippen LogP) is 0.987. The average Bonchev–Trinajstić information content (AvgIpc) is 1.82. The lowest BCUT2D eigenvalue weighted by atomic mass is 9.87. The number of hydrogen-bond donors (Lipinski definition) is 2. The minimum Gasteiger partial charge on any atom is -0.480 e. The lowest BCUT2D eigenvalue weighted by Gasteiger charge is -2.30. The zero-order valence-corrected chi connectivity index (χ0v) is 6.64. The van der Waals surface area contributed by atoms with Crippen molar-refractivity contribution in [2.24, 2.45) is 11.7 Å². The van der Waals surface area contributed by atoms with E-state index in [-0.39, 0.29) is 0 Å². The van der Waals surface area contributed by atoms with E-state index in [1.165, 1.54) is 0 Å². The maximum atomic E-state index is 12.1. The van der Waals surface area contributed by atoms with Gasteiger partial charge >= 0.3 is 12.1 Å². The summed E-state index contributed by atoms with van der Waals surface area (Å²) in [7, 11) is 0. The van der Waals surface area contributed by atoms with Crippen LogP contribution in [0.4, 0.5) is 13.2 Å². The number of halogens is 3. The molecule has 0 aromatic heterocycles. The van der Waals surface area contributed by atoms with Gasteiger partial charge in [0.2, 0.25) is 5.54 Å². The molecular weight excluding hydrogens is 175 g/mol. The molecule has 72 valence electrons. The predicted molar refractivity (Wildman–Crippen MR) is 35.4 cm³/mol. The smallest absolute Gasteiger partial charge is 0.417 e. The summed E-state index contributed by atoms with van der Waals surface area (Å²) in [6.07, 6.45) is -4.92. The first-order valence-corrected chi connectivity index (χ1v) is 3.23. The van der Waals surface area contributed by atoms with Crippen molar-refractivity contribution >= 4 is 5.97 Å². The number of aliphatic carboxylic acids is 1. The molecule has 0 aromatic carbocycles. The second-order valence-corrected chi connectivity index (χ2v) is 2.83.